The van der Waals surface area contributed by atoms with Crippen LogP contribution in [0.1, 0.15) is 12.0 Å². The quantitative estimate of drug-likeness (QED) is 0.838. The number of likely N-dealkylation sites (N-methyl/N-ethyl adjacent to an activating group) is 1. The second-order valence-corrected chi connectivity index (χ2v) is 7.91. The zero-order valence-electron chi connectivity index (χ0n) is 16.9. The smallest absolute Gasteiger partial charge is 0.231 e. The molecule has 0 aliphatic carbocycles. The summed E-state index contributed by atoms with van der Waals surface area (Å²) in [4.78, 5) is 24.1. The van der Waals surface area contributed by atoms with Gasteiger partial charge in [0.05, 0.1) is 12.5 Å². The topological polar surface area (TPSA) is 51.7 Å². The lowest BCUT2D eigenvalue weighted by Crippen LogP contribution is -2.44. The van der Waals surface area contributed by atoms with Crippen LogP contribution in [0, 0.1) is 11.7 Å². The summed E-state index contributed by atoms with van der Waals surface area (Å²) in [6.07, 6.45) is 2.68. The summed E-state index contributed by atoms with van der Waals surface area (Å²) in [6.45, 7) is 5.98. The van der Waals surface area contributed by atoms with E-state index in [0.29, 0.717) is 18.8 Å². The Morgan fingerprint density at radius 3 is 2.55 bits per heavy atom. The number of nitrogens with one attached hydrogen (secondary N) is 1. The molecule has 0 saturated carbocycles. The van der Waals surface area contributed by atoms with Gasteiger partial charge in [-0.1, -0.05) is 6.07 Å². The van der Waals surface area contributed by atoms with Gasteiger partial charge in [-0.3, -0.25) is 4.79 Å². The number of amides is 1. The zero-order chi connectivity index (χ0) is 20.2. The van der Waals surface area contributed by atoms with Gasteiger partial charge in [-0.15, -0.1) is 0 Å². The minimum Gasteiger partial charge on any atom is -0.354 e. The first kappa shape index (κ1) is 19.8. The maximum atomic E-state index is 13.4. The van der Waals surface area contributed by atoms with Crippen molar-refractivity contribution >= 4 is 17.4 Å². The Hall–Kier alpha value is -2.51. The average molecular weight is 397 g/mol. The number of hydrogen-bond donors (Lipinski definition) is 1. The number of piperazine rings is 1. The predicted octanol–water partition coefficient (Wildman–Crippen LogP) is 2.12. The summed E-state index contributed by atoms with van der Waals surface area (Å²) < 4.78 is 13.4. The second-order valence-electron chi connectivity index (χ2n) is 7.91. The van der Waals surface area contributed by atoms with Crippen molar-refractivity contribution in [2.45, 2.75) is 13.0 Å². The Bertz CT molecular complexity index is 812. The molecule has 7 heteroatoms. The molecule has 0 spiro atoms. The second kappa shape index (κ2) is 8.88. The molecule has 2 fully saturated rings. The van der Waals surface area contributed by atoms with Gasteiger partial charge in [0, 0.05) is 44.6 Å². The molecular weight excluding hydrogens is 369 g/mol. The standard InChI is InChI=1S/C22H28FN5O/c1-26-10-12-27(13-11-26)21-7-2-17(14-25-21)16-28(20-5-3-19(23)4-6-20)22(29)18-8-9-24-15-18/h2-7,14,18,24H,8-13,15-16H2,1H3/t18-/m0/s1. The Labute approximate surface area is 171 Å². The lowest BCUT2D eigenvalue weighted by molar-refractivity contribution is -0.122. The van der Waals surface area contributed by atoms with Gasteiger partial charge in [0.25, 0.3) is 0 Å². The van der Waals surface area contributed by atoms with Crippen LogP contribution >= 0.6 is 0 Å². The fourth-order valence-electron chi connectivity index (χ4n) is 3.92. The summed E-state index contributed by atoms with van der Waals surface area (Å²) in [7, 11) is 2.13. The third-order valence-corrected chi connectivity index (χ3v) is 5.79. The van der Waals surface area contributed by atoms with E-state index < -0.39 is 0 Å². The Balaban J connectivity index is 1.50. The number of hydrogen-bond acceptors (Lipinski definition) is 5. The van der Waals surface area contributed by atoms with E-state index in [1.54, 1.807) is 17.0 Å². The Kier molecular flexibility index (Phi) is 6.06. The van der Waals surface area contributed by atoms with Crippen LogP contribution in [0.2, 0.25) is 0 Å². The predicted molar refractivity (Wildman–Crippen MR) is 113 cm³/mol. The van der Waals surface area contributed by atoms with Gasteiger partial charge in [-0.05, 0) is 55.9 Å². The number of halogens is 1. The Morgan fingerprint density at radius 1 is 1.17 bits per heavy atom. The van der Waals surface area contributed by atoms with Crippen molar-refractivity contribution in [3.63, 3.8) is 0 Å². The Morgan fingerprint density at radius 2 is 1.93 bits per heavy atom. The third kappa shape index (κ3) is 4.74. The number of benzene rings is 1. The number of carbonyl (C=O) groups is 1. The van der Waals surface area contributed by atoms with E-state index in [1.165, 1.54) is 12.1 Å². The highest BCUT2D eigenvalue weighted by molar-refractivity contribution is 5.95. The van der Waals surface area contributed by atoms with Gasteiger partial charge < -0.3 is 20.0 Å². The largest absolute Gasteiger partial charge is 0.354 e. The number of aromatic nitrogens is 1. The molecule has 1 aromatic carbocycles. The third-order valence-electron chi connectivity index (χ3n) is 5.79. The van der Waals surface area contributed by atoms with Crippen LogP contribution < -0.4 is 15.1 Å². The molecule has 0 bridgehead atoms. The fraction of sp³-hybridized carbons (Fsp3) is 0.455. The SMILES string of the molecule is CN1CCN(c2ccc(CN(C(=O)[C@H]3CCNC3)c3ccc(F)cc3)cn2)CC1. The molecule has 1 atom stereocenters. The first-order valence-corrected chi connectivity index (χ1v) is 10.3. The van der Waals surface area contributed by atoms with Crippen molar-refractivity contribution in [1.82, 2.24) is 15.2 Å². The number of rotatable bonds is 5. The van der Waals surface area contributed by atoms with Crippen molar-refractivity contribution in [2.75, 3.05) is 56.1 Å². The average Bonchev–Trinajstić information content (AvgIpc) is 3.28. The van der Waals surface area contributed by atoms with Crippen molar-refractivity contribution in [1.29, 1.82) is 0 Å². The molecule has 4 rings (SSSR count). The van der Waals surface area contributed by atoms with Crippen LogP contribution in [-0.4, -0.2) is 62.1 Å². The highest BCUT2D eigenvalue weighted by Crippen LogP contribution is 2.23. The van der Waals surface area contributed by atoms with Crippen molar-refractivity contribution in [3.8, 4) is 0 Å². The van der Waals surface area contributed by atoms with Gasteiger partial charge in [0.15, 0.2) is 0 Å². The summed E-state index contributed by atoms with van der Waals surface area (Å²) in [5.74, 6) is 0.700. The van der Waals surface area contributed by atoms with Gasteiger partial charge in [0.1, 0.15) is 11.6 Å². The summed E-state index contributed by atoms with van der Waals surface area (Å²) in [5.41, 5.74) is 1.68. The van der Waals surface area contributed by atoms with Crippen LogP contribution in [0.15, 0.2) is 42.6 Å². The highest BCUT2D eigenvalue weighted by Gasteiger charge is 2.28. The highest BCUT2D eigenvalue weighted by atomic mass is 19.1. The molecule has 29 heavy (non-hydrogen) atoms. The van der Waals surface area contributed by atoms with E-state index in [-0.39, 0.29) is 17.6 Å². The molecule has 1 amide bonds. The monoisotopic (exact) mass is 397 g/mol. The van der Waals surface area contributed by atoms with Crippen LogP contribution in [0.25, 0.3) is 0 Å². The van der Waals surface area contributed by atoms with Crippen LogP contribution in [0.5, 0.6) is 0 Å². The van der Waals surface area contributed by atoms with Gasteiger partial charge in [-0.2, -0.15) is 0 Å². The minimum atomic E-state index is -0.304. The molecule has 3 heterocycles. The molecule has 1 N–H and O–H groups in total. The van der Waals surface area contributed by atoms with Crippen molar-refractivity contribution in [3.05, 3.63) is 54.0 Å². The van der Waals surface area contributed by atoms with Gasteiger partial charge in [-0.25, -0.2) is 9.37 Å². The number of anilines is 2. The van der Waals surface area contributed by atoms with E-state index in [1.807, 2.05) is 18.3 Å². The molecule has 0 unspecified atom stereocenters. The van der Waals surface area contributed by atoms with Crippen LogP contribution in [0.3, 0.4) is 0 Å². The van der Waals surface area contributed by atoms with Crippen molar-refractivity contribution < 1.29 is 9.18 Å². The normalized spacial score (nSPS) is 20.1. The number of nitrogens with zero attached hydrogens (tertiary/aromatic N) is 4. The van der Waals surface area contributed by atoms with Gasteiger partial charge >= 0.3 is 0 Å². The lowest BCUT2D eigenvalue weighted by Gasteiger charge is -2.33. The van der Waals surface area contributed by atoms with E-state index in [4.69, 9.17) is 0 Å². The molecule has 6 nitrogen and oxygen atoms in total. The molecule has 2 aliphatic rings. The zero-order valence-corrected chi connectivity index (χ0v) is 16.9. The maximum Gasteiger partial charge on any atom is 0.231 e. The molecule has 154 valence electrons. The van der Waals surface area contributed by atoms with Crippen LogP contribution in [-0.2, 0) is 11.3 Å². The van der Waals surface area contributed by atoms with Crippen molar-refractivity contribution in [2.24, 2.45) is 5.92 Å². The molecule has 1 aromatic heterocycles. The van der Waals surface area contributed by atoms with E-state index in [9.17, 15) is 9.18 Å². The van der Waals surface area contributed by atoms with E-state index >= 15 is 0 Å². The number of carbonyl (C=O) groups excluding carboxylic acids is 1. The first-order valence-electron chi connectivity index (χ1n) is 10.3. The molecule has 2 saturated heterocycles. The fourth-order valence-corrected chi connectivity index (χ4v) is 3.92. The van der Waals surface area contributed by atoms with E-state index in [2.05, 4.69) is 27.1 Å². The maximum absolute atomic E-state index is 13.4. The summed E-state index contributed by atoms with van der Waals surface area (Å²) >= 11 is 0. The van der Waals surface area contributed by atoms with Gasteiger partial charge in [0.2, 0.25) is 5.91 Å². The molecule has 0 radical (unpaired) electrons. The molecular formula is C22H28FN5O. The number of pyridine rings is 1. The van der Waals surface area contributed by atoms with E-state index in [0.717, 1.165) is 50.5 Å². The first-order chi connectivity index (χ1) is 14.1. The summed E-state index contributed by atoms with van der Waals surface area (Å²) in [5, 5.41) is 3.25. The molecule has 2 aliphatic heterocycles. The lowest BCUT2D eigenvalue weighted by atomic mass is 10.1. The molecule has 2 aromatic rings. The summed E-state index contributed by atoms with van der Waals surface area (Å²) in [6, 6.07) is 10.2. The van der Waals surface area contributed by atoms with Crippen LogP contribution in [0.4, 0.5) is 15.9 Å². The minimum absolute atomic E-state index is 0.0439.